The van der Waals surface area contributed by atoms with Crippen LogP contribution in [0.1, 0.15) is 26.6 Å². The number of hydrogen-bond acceptors (Lipinski definition) is 5. The van der Waals surface area contributed by atoms with Gasteiger partial charge in [-0.1, -0.05) is 6.07 Å². The topological polar surface area (TPSA) is 58.4 Å². The third-order valence-electron chi connectivity index (χ3n) is 4.99. The number of amides is 1. The second-order valence-electron chi connectivity index (χ2n) is 7.27. The van der Waals surface area contributed by atoms with Crippen LogP contribution in [0.5, 0.6) is 0 Å². The number of aromatic nitrogens is 1. The predicted octanol–water partition coefficient (Wildman–Crippen LogP) is 5.73. The fraction of sp³-hybridized carbons (Fsp3) is 0.217. The van der Waals surface area contributed by atoms with Crippen LogP contribution >= 0.6 is 33.9 Å². The molecule has 2 aromatic carbocycles. The molecule has 0 saturated heterocycles. The van der Waals surface area contributed by atoms with Crippen LogP contribution in [0, 0.1) is 10.5 Å². The third-order valence-corrected chi connectivity index (χ3v) is 6.79. The maximum Gasteiger partial charge on any atom is 0.255 e. The molecule has 4 aromatic rings. The molecule has 2 heterocycles. The summed E-state index contributed by atoms with van der Waals surface area (Å²) in [4.78, 5) is 20.1. The molecule has 1 N–H and O–H groups in total. The summed E-state index contributed by atoms with van der Waals surface area (Å²) in [6, 6.07) is 13.8. The maximum absolute atomic E-state index is 12.6. The SMILES string of the molecule is Cc1sc2ccc(NC(=O)c3cccc(I)c3)cc2c1CCN(C)Cc1cnco1. The lowest BCUT2D eigenvalue weighted by Crippen LogP contribution is -2.20. The van der Waals surface area contributed by atoms with Gasteiger partial charge in [0.1, 0.15) is 5.76 Å². The molecule has 0 atom stereocenters. The molecule has 0 unspecified atom stereocenters. The number of thiophene rings is 1. The fourth-order valence-corrected chi connectivity index (χ4v) is 5.10. The van der Waals surface area contributed by atoms with Crippen molar-refractivity contribution in [3.63, 3.8) is 0 Å². The number of halogens is 1. The van der Waals surface area contributed by atoms with E-state index in [0.29, 0.717) is 5.56 Å². The first-order valence-electron chi connectivity index (χ1n) is 9.64. The molecule has 0 spiro atoms. The Bertz CT molecular complexity index is 1170. The highest BCUT2D eigenvalue weighted by atomic mass is 127. The van der Waals surface area contributed by atoms with Gasteiger partial charge in [0.15, 0.2) is 6.39 Å². The Morgan fingerprint density at radius 1 is 1.27 bits per heavy atom. The number of nitrogens with one attached hydrogen (secondary N) is 1. The number of aryl methyl sites for hydroxylation is 1. The Balaban J connectivity index is 1.50. The summed E-state index contributed by atoms with van der Waals surface area (Å²) >= 11 is 4.02. The van der Waals surface area contributed by atoms with Gasteiger partial charge in [-0.05, 0) is 90.3 Å². The van der Waals surface area contributed by atoms with E-state index in [4.69, 9.17) is 4.42 Å². The van der Waals surface area contributed by atoms with E-state index < -0.39 is 0 Å². The van der Waals surface area contributed by atoms with Crippen LogP contribution in [-0.2, 0) is 13.0 Å². The highest BCUT2D eigenvalue weighted by molar-refractivity contribution is 14.1. The van der Waals surface area contributed by atoms with Gasteiger partial charge in [-0.3, -0.25) is 9.69 Å². The van der Waals surface area contributed by atoms with Crippen molar-refractivity contribution in [2.24, 2.45) is 0 Å². The first-order valence-corrected chi connectivity index (χ1v) is 11.5. The van der Waals surface area contributed by atoms with E-state index >= 15 is 0 Å². The Labute approximate surface area is 193 Å². The normalized spacial score (nSPS) is 11.3. The molecule has 30 heavy (non-hydrogen) atoms. The van der Waals surface area contributed by atoms with Crippen LogP contribution in [0.3, 0.4) is 0 Å². The summed E-state index contributed by atoms with van der Waals surface area (Å²) in [5, 5.41) is 4.26. The van der Waals surface area contributed by atoms with Crippen LogP contribution in [-0.4, -0.2) is 29.4 Å². The molecule has 1 amide bonds. The summed E-state index contributed by atoms with van der Waals surface area (Å²) in [6.07, 6.45) is 4.15. The molecule has 5 nitrogen and oxygen atoms in total. The van der Waals surface area contributed by atoms with E-state index in [9.17, 15) is 4.79 Å². The smallest absolute Gasteiger partial charge is 0.255 e. The van der Waals surface area contributed by atoms with Crippen LogP contribution < -0.4 is 5.32 Å². The lowest BCUT2D eigenvalue weighted by molar-refractivity contribution is 0.102. The largest absolute Gasteiger partial charge is 0.447 e. The van der Waals surface area contributed by atoms with E-state index in [2.05, 4.69) is 63.9 Å². The molecule has 7 heteroatoms. The summed E-state index contributed by atoms with van der Waals surface area (Å²) in [6.45, 7) is 3.81. The standard InChI is InChI=1S/C23H22IN3O2S/c1-15-20(8-9-27(2)13-19-12-25-14-29-19)21-11-18(6-7-22(21)30-15)26-23(28)16-4-3-5-17(24)10-16/h3-7,10-12,14H,8-9,13H2,1-2H3,(H,26,28). The zero-order valence-electron chi connectivity index (χ0n) is 16.8. The summed E-state index contributed by atoms with van der Waals surface area (Å²) in [5.41, 5.74) is 2.82. The van der Waals surface area contributed by atoms with Crippen LogP contribution in [0.15, 0.2) is 59.5 Å². The number of carbonyl (C=O) groups excluding carboxylic acids is 1. The number of hydrogen-bond donors (Lipinski definition) is 1. The Morgan fingerprint density at radius 3 is 2.90 bits per heavy atom. The number of likely N-dealkylation sites (N-methyl/N-ethyl adjacent to an activating group) is 1. The van der Waals surface area contributed by atoms with Crippen molar-refractivity contribution in [1.82, 2.24) is 9.88 Å². The maximum atomic E-state index is 12.6. The fourth-order valence-electron chi connectivity index (χ4n) is 3.46. The van der Waals surface area contributed by atoms with Gasteiger partial charge in [0, 0.05) is 30.9 Å². The van der Waals surface area contributed by atoms with Gasteiger partial charge in [0.05, 0.1) is 12.7 Å². The molecule has 0 aliphatic rings. The molecule has 4 rings (SSSR count). The van der Waals surface area contributed by atoms with E-state index in [-0.39, 0.29) is 5.91 Å². The predicted molar refractivity (Wildman–Crippen MR) is 130 cm³/mol. The van der Waals surface area contributed by atoms with Gasteiger partial charge in [-0.15, -0.1) is 11.3 Å². The van der Waals surface area contributed by atoms with Crippen LogP contribution in [0.4, 0.5) is 5.69 Å². The van der Waals surface area contributed by atoms with Crippen LogP contribution in [0.25, 0.3) is 10.1 Å². The lowest BCUT2D eigenvalue weighted by atomic mass is 10.1. The number of anilines is 1. The molecular formula is C23H22IN3O2S. The summed E-state index contributed by atoms with van der Waals surface area (Å²) in [7, 11) is 2.08. The molecule has 154 valence electrons. The third kappa shape index (κ3) is 4.91. The molecule has 0 fully saturated rings. The number of benzene rings is 2. The number of rotatable bonds is 7. The number of carbonyl (C=O) groups is 1. The number of nitrogens with zero attached hydrogens (tertiary/aromatic N) is 2. The lowest BCUT2D eigenvalue weighted by Gasteiger charge is -2.15. The van der Waals surface area contributed by atoms with Gasteiger partial charge in [0.2, 0.25) is 0 Å². The second-order valence-corrected chi connectivity index (χ2v) is 9.77. The minimum atomic E-state index is -0.0897. The van der Waals surface area contributed by atoms with Gasteiger partial charge >= 0.3 is 0 Å². The van der Waals surface area contributed by atoms with Crippen molar-refractivity contribution >= 4 is 55.6 Å². The van der Waals surface area contributed by atoms with Crippen molar-refractivity contribution in [2.45, 2.75) is 19.9 Å². The second kappa shape index (κ2) is 9.28. The minimum absolute atomic E-state index is 0.0897. The number of fused-ring (bicyclic) bond motifs is 1. The van der Waals surface area contributed by atoms with Gasteiger partial charge < -0.3 is 9.73 Å². The molecule has 0 bridgehead atoms. The molecular weight excluding hydrogens is 509 g/mol. The minimum Gasteiger partial charge on any atom is -0.447 e. The zero-order chi connectivity index (χ0) is 21.1. The Morgan fingerprint density at radius 2 is 2.13 bits per heavy atom. The van der Waals surface area contributed by atoms with E-state index in [1.165, 1.54) is 26.9 Å². The highest BCUT2D eigenvalue weighted by Crippen LogP contribution is 2.33. The molecule has 0 aliphatic carbocycles. The van der Waals surface area contributed by atoms with Crippen molar-refractivity contribution in [1.29, 1.82) is 0 Å². The first-order chi connectivity index (χ1) is 14.5. The van der Waals surface area contributed by atoms with E-state index in [1.807, 2.05) is 30.3 Å². The van der Waals surface area contributed by atoms with E-state index in [0.717, 1.165) is 34.5 Å². The van der Waals surface area contributed by atoms with E-state index in [1.54, 1.807) is 17.5 Å². The van der Waals surface area contributed by atoms with Gasteiger partial charge in [0.25, 0.3) is 5.91 Å². The number of oxazole rings is 1. The Kier molecular flexibility index (Phi) is 6.50. The van der Waals surface area contributed by atoms with Crippen molar-refractivity contribution in [2.75, 3.05) is 18.9 Å². The monoisotopic (exact) mass is 531 g/mol. The van der Waals surface area contributed by atoms with Crippen molar-refractivity contribution in [3.05, 3.63) is 80.4 Å². The van der Waals surface area contributed by atoms with Crippen LogP contribution in [0.2, 0.25) is 0 Å². The Hall–Kier alpha value is -2.23. The molecule has 0 radical (unpaired) electrons. The summed E-state index contributed by atoms with van der Waals surface area (Å²) < 4.78 is 7.63. The quantitative estimate of drug-likeness (QED) is 0.310. The highest BCUT2D eigenvalue weighted by Gasteiger charge is 2.13. The van der Waals surface area contributed by atoms with Gasteiger partial charge in [-0.2, -0.15) is 0 Å². The van der Waals surface area contributed by atoms with Crippen molar-refractivity contribution in [3.8, 4) is 0 Å². The summed E-state index contributed by atoms with van der Waals surface area (Å²) in [5.74, 6) is 0.776. The van der Waals surface area contributed by atoms with Crippen molar-refractivity contribution < 1.29 is 9.21 Å². The zero-order valence-corrected chi connectivity index (χ0v) is 19.8. The molecule has 2 aromatic heterocycles. The molecule has 0 aliphatic heterocycles. The molecule has 0 saturated carbocycles. The van der Waals surface area contributed by atoms with Gasteiger partial charge in [-0.25, -0.2) is 4.98 Å². The first kappa shape index (κ1) is 21.0. The average molecular weight is 531 g/mol. The average Bonchev–Trinajstić information content (AvgIpc) is 3.33.